The summed E-state index contributed by atoms with van der Waals surface area (Å²) in [6.07, 6.45) is -3.24. The minimum Gasteiger partial charge on any atom is -0.545 e. The van der Waals surface area contributed by atoms with Crippen LogP contribution in [0.15, 0.2) is 18.5 Å². The molecule has 0 aliphatic rings. The number of aromatic carboxylic acids is 1. The van der Waals surface area contributed by atoms with Gasteiger partial charge in [-0.25, -0.2) is 0 Å². The average Bonchev–Trinajstić information content (AvgIpc) is 2.01. The van der Waals surface area contributed by atoms with E-state index in [2.05, 4.69) is 9.72 Å². The molecule has 15 heavy (non-hydrogen) atoms. The normalized spacial score (nSPS) is 10.3. The summed E-state index contributed by atoms with van der Waals surface area (Å²) < 4.78 is 38.6. The first-order chi connectivity index (χ1) is 6.40. The van der Waals surface area contributed by atoms with Gasteiger partial charge in [0, 0.05) is 12.4 Å². The number of carboxylic acids is 1. The number of hydrogen-bond donors (Lipinski definition) is 0. The molecule has 0 unspecified atom stereocenters. The number of aromatic nitrogens is 1. The quantitative estimate of drug-likeness (QED) is 0.519. The van der Waals surface area contributed by atoms with Crippen molar-refractivity contribution in [3.05, 3.63) is 24.0 Å². The molecule has 1 rings (SSSR count). The largest absolute Gasteiger partial charge is 1.00 e. The van der Waals surface area contributed by atoms with Crippen LogP contribution in [0, 0.1) is 0 Å². The number of pyridine rings is 1. The number of nitrogens with zero attached hydrogens (tertiary/aromatic N) is 1. The maximum absolute atomic E-state index is 11.7. The van der Waals surface area contributed by atoms with Crippen molar-refractivity contribution in [2.24, 2.45) is 0 Å². The first-order valence-corrected chi connectivity index (χ1v) is 3.31. The summed E-state index contributed by atoms with van der Waals surface area (Å²) >= 11 is 0. The number of alkyl halides is 3. The Morgan fingerprint density at radius 3 is 2.53 bits per heavy atom. The summed E-state index contributed by atoms with van der Waals surface area (Å²) in [5.41, 5.74) is -0.746. The Balaban J connectivity index is 0.00000196. The molecule has 0 saturated heterocycles. The van der Waals surface area contributed by atoms with Crippen LogP contribution in [0.1, 0.15) is 10.4 Å². The van der Waals surface area contributed by atoms with E-state index in [4.69, 9.17) is 0 Å². The second-order valence-electron chi connectivity index (χ2n) is 2.21. The van der Waals surface area contributed by atoms with E-state index >= 15 is 0 Å². The molecular formula is C7H3F3NNaO3. The minimum atomic E-state index is -4.94. The van der Waals surface area contributed by atoms with Crippen molar-refractivity contribution in [3.8, 4) is 5.75 Å². The maximum atomic E-state index is 11.7. The summed E-state index contributed by atoms with van der Waals surface area (Å²) in [7, 11) is 0. The Kier molecular flexibility index (Phi) is 5.06. The topological polar surface area (TPSA) is 62.2 Å². The van der Waals surface area contributed by atoms with Crippen molar-refractivity contribution in [1.29, 1.82) is 0 Å². The molecule has 0 spiro atoms. The van der Waals surface area contributed by atoms with Gasteiger partial charge in [0.05, 0.1) is 11.5 Å². The zero-order valence-electron chi connectivity index (χ0n) is 7.54. The summed E-state index contributed by atoms with van der Waals surface area (Å²) in [6.45, 7) is 0. The molecule has 0 aliphatic heterocycles. The SMILES string of the molecule is O=C([O-])c1cnccc1OC(F)(F)F.[Na+]. The van der Waals surface area contributed by atoms with E-state index < -0.39 is 23.6 Å². The fraction of sp³-hybridized carbons (Fsp3) is 0.143. The van der Waals surface area contributed by atoms with Gasteiger partial charge in [-0.05, 0) is 6.07 Å². The number of carbonyl (C=O) groups excluding carboxylic acids is 1. The van der Waals surface area contributed by atoms with E-state index in [9.17, 15) is 23.1 Å². The molecule has 0 N–H and O–H groups in total. The van der Waals surface area contributed by atoms with Gasteiger partial charge < -0.3 is 14.6 Å². The summed E-state index contributed by atoms with van der Waals surface area (Å²) in [5.74, 6) is -2.62. The van der Waals surface area contributed by atoms with Crippen LogP contribution in [0.25, 0.3) is 0 Å². The van der Waals surface area contributed by atoms with Crippen molar-refractivity contribution in [3.63, 3.8) is 0 Å². The first-order valence-electron chi connectivity index (χ1n) is 3.31. The van der Waals surface area contributed by atoms with Crippen LogP contribution in [0.2, 0.25) is 0 Å². The number of carbonyl (C=O) groups is 1. The fourth-order valence-electron chi connectivity index (χ4n) is 0.749. The third kappa shape index (κ3) is 4.50. The maximum Gasteiger partial charge on any atom is 1.00 e. The van der Waals surface area contributed by atoms with E-state index in [1.54, 1.807) is 0 Å². The molecule has 0 saturated carbocycles. The number of hydrogen-bond acceptors (Lipinski definition) is 4. The van der Waals surface area contributed by atoms with E-state index in [-0.39, 0.29) is 29.6 Å². The van der Waals surface area contributed by atoms with Gasteiger partial charge in [0.1, 0.15) is 5.75 Å². The Labute approximate surface area is 104 Å². The molecule has 1 aromatic rings. The molecule has 1 heterocycles. The molecule has 0 radical (unpaired) electrons. The number of rotatable bonds is 2. The smallest absolute Gasteiger partial charge is 0.545 e. The van der Waals surface area contributed by atoms with Gasteiger partial charge in [0.15, 0.2) is 0 Å². The Morgan fingerprint density at radius 1 is 1.47 bits per heavy atom. The van der Waals surface area contributed by atoms with Crippen LogP contribution in [-0.4, -0.2) is 17.3 Å². The van der Waals surface area contributed by atoms with Gasteiger partial charge >= 0.3 is 35.9 Å². The Bertz CT molecular complexity index is 356. The molecule has 0 aliphatic carbocycles. The van der Waals surface area contributed by atoms with E-state index in [0.29, 0.717) is 0 Å². The second kappa shape index (κ2) is 5.34. The fourth-order valence-corrected chi connectivity index (χ4v) is 0.749. The van der Waals surface area contributed by atoms with Crippen LogP contribution in [0.4, 0.5) is 13.2 Å². The van der Waals surface area contributed by atoms with E-state index in [1.165, 1.54) is 0 Å². The standard InChI is InChI=1S/C7H4F3NO3.Na/c8-7(9,10)14-5-1-2-11-3-4(5)6(12)13;/h1-3H,(H,12,13);/q;+1/p-1. The van der Waals surface area contributed by atoms with Gasteiger partial charge in [-0.2, -0.15) is 0 Å². The second-order valence-corrected chi connectivity index (χ2v) is 2.21. The number of ether oxygens (including phenoxy) is 1. The predicted molar refractivity (Wildman–Crippen MR) is 35.3 cm³/mol. The molecular weight excluding hydrogens is 226 g/mol. The van der Waals surface area contributed by atoms with Crippen LogP contribution >= 0.6 is 0 Å². The Morgan fingerprint density at radius 2 is 2.07 bits per heavy atom. The van der Waals surface area contributed by atoms with Crippen LogP contribution in [0.3, 0.4) is 0 Å². The molecule has 8 heteroatoms. The van der Waals surface area contributed by atoms with E-state index in [1.807, 2.05) is 0 Å². The van der Waals surface area contributed by atoms with Gasteiger partial charge in [-0.1, -0.05) is 0 Å². The van der Waals surface area contributed by atoms with Crippen LogP contribution in [-0.2, 0) is 0 Å². The molecule has 0 aromatic carbocycles. The first kappa shape index (κ1) is 14.2. The van der Waals surface area contributed by atoms with Gasteiger partial charge in [-0.3, -0.25) is 4.98 Å². The summed E-state index contributed by atoms with van der Waals surface area (Å²) in [5, 5.41) is 10.3. The molecule has 4 nitrogen and oxygen atoms in total. The van der Waals surface area contributed by atoms with Crippen molar-refractivity contribution < 1.29 is 57.4 Å². The number of carboxylic acid groups (broad SMARTS) is 1. The van der Waals surface area contributed by atoms with Crippen molar-refractivity contribution >= 4 is 5.97 Å². The van der Waals surface area contributed by atoms with E-state index in [0.717, 1.165) is 18.5 Å². The summed E-state index contributed by atoms with van der Waals surface area (Å²) in [6, 6.07) is 0.790. The monoisotopic (exact) mass is 229 g/mol. The third-order valence-corrected chi connectivity index (χ3v) is 1.23. The third-order valence-electron chi connectivity index (χ3n) is 1.23. The number of halogens is 3. The van der Waals surface area contributed by atoms with Gasteiger partial charge in [0.25, 0.3) is 0 Å². The van der Waals surface area contributed by atoms with Gasteiger partial charge in [-0.15, -0.1) is 13.2 Å². The van der Waals surface area contributed by atoms with Crippen molar-refractivity contribution in [2.45, 2.75) is 6.36 Å². The Hall–Kier alpha value is -0.790. The zero-order chi connectivity index (χ0) is 10.8. The van der Waals surface area contributed by atoms with Crippen molar-refractivity contribution in [2.75, 3.05) is 0 Å². The van der Waals surface area contributed by atoms with Crippen molar-refractivity contribution in [1.82, 2.24) is 4.98 Å². The van der Waals surface area contributed by atoms with Crippen LogP contribution in [0.5, 0.6) is 5.75 Å². The predicted octanol–water partition coefficient (Wildman–Crippen LogP) is -2.65. The molecule has 0 atom stereocenters. The molecule has 1 aromatic heterocycles. The van der Waals surface area contributed by atoms with Crippen LogP contribution < -0.4 is 39.4 Å². The van der Waals surface area contributed by atoms with Gasteiger partial charge in [0.2, 0.25) is 0 Å². The summed E-state index contributed by atoms with van der Waals surface area (Å²) in [4.78, 5) is 13.6. The zero-order valence-corrected chi connectivity index (χ0v) is 9.54. The minimum absolute atomic E-state index is 0. The molecule has 0 fully saturated rings. The molecule has 76 valence electrons. The molecule has 0 amide bonds. The molecule has 0 bridgehead atoms. The average molecular weight is 229 g/mol.